The zero-order valence-electron chi connectivity index (χ0n) is 18.0. The highest BCUT2D eigenvalue weighted by Crippen LogP contribution is 2.55. The van der Waals surface area contributed by atoms with Crippen LogP contribution in [0.4, 0.5) is 10.3 Å². The molecule has 3 heterocycles. The summed E-state index contributed by atoms with van der Waals surface area (Å²) in [6, 6.07) is 14.9. The van der Waals surface area contributed by atoms with Crippen molar-refractivity contribution in [1.29, 1.82) is 5.26 Å². The normalized spacial score (nSPS) is 21.8. The third-order valence-electron chi connectivity index (χ3n) is 6.64. The van der Waals surface area contributed by atoms with Crippen molar-refractivity contribution in [3.05, 3.63) is 71.0 Å². The summed E-state index contributed by atoms with van der Waals surface area (Å²) in [6.07, 6.45) is 0.903. The number of oxazole rings is 1. The molecule has 0 spiro atoms. The molecule has 168 valence electrons. The molecule has 2 aromatic carbocycles. The van der Waals surface area contributed by atoms with E-state index in [-0.39, 0.29) is 24.4 Å². The molecule has 0 bridgehead atoms. The summed E-state index contributed by atoms with van der Waals surface area (Å²) in [7, 11) is 0. The molecule has 1 saturated carbocycles. The fourth-order valence-electron chi connectivity index (χ4n) is 4.73. The van der Waals surface area contributed by atoms with Gasteiger partial charge in [-0.1, -0.05) is 18.2 Å². The van der Waals surface area contributed by atoms with Crippen LogP contribution >= 0.6 is 0 Å². The number of ether oxygens (including phenoxy) is 2. The highest BCUT2D eigenvalue weighted by atomic mass is 19.1. The first-order valence-electron chi connectivity index (χ1n) is 11.2. The van der Waals surface area contributed by atoms with Gasteiger partial charge in [-0.25, -0.2) is 9.37 Å². The van der Waals surface area contributed by atoms with Crippen LogP contribution in [0.25, 0.3) is 0 Å². The maximum Gasteiger partial charge on any atom is 0.234 e. The lowest BCUT2D eigenvalue weighted by atomic mass is 10.1. The molecule has 1 aromatic heterocycles. The molecule has 3 aromatic rings. The first-order valence-corrected chi connectivity index (χ1v) is 11.2. The van der Waals surface area contributed by atoms with Gasteiger partial charge in [0.1, 0.15) is 11.9 Å². The number of hydrogen-bond acceptors (Lipinski definition) is 7. The molecule has 2 aliphatic heterocycles. The Labute approximate surface area is 190 Å². The fraction of sp³-hybridized carbons (Fsp3) is 0.360. The number of nitrogens with zero attached hydrogens (tertiary/aromatic N) is 4. The van der Waals surface area contributed by atoms with E-state index in [9.17, 15) is 9.65 Å². The van der Waals surface area contributed by atoms with E-state index in [0.29, 0.717) is 17.5 Å². The quantitative estimate of drug-likeness (QED) is 0.586. The number of rotatable bonds is 5. The van der Waals surface area contributed by atoms with Crippen LogP contribution in [-0.4, -0.2) is 42.9 Å². The summed E-state index contributed by atoms with van der Waals surface area (Å²) in [5.41, 5.74) is 2.61. The second kappa shape index (κ2) is 8.09. The Morgan fingerprint density at radius 1 is 1.00 bits per heavy atom. The number of piperazine rings is 1. The van der Waals surface area contributed by atoms with E-state index in [1.807, 2.05) is 24.3 Å². The van der Waals surface area contributed by atoms with Gasteiger partial charge in [-0.15, -0.1) is 0 Å². The third kappa shape index (κ3) is 3.89. The SMILES string of the molecule is N#Cc1nc(C2CC2c2ccc(F)cc2)oc1N1CCN(Cc2ccc3c(c2)OCO3)CC1. The highest BCUT2D eigenvalue weighted by Gasteiger charge is 2.44. The molecule has 0 amide bonds. The topological polar surface area (TPSA) is 74.8 Å². The largest absolute Gasteiger partial charge is 0.454 e. The standard InChI is InChI=1S/C25H23FN4O3/c26-18-4-2-17(3-5-18)19-12-20(19)24-28-21(13-27)25(33-24)30-9-7-29(8-10-30)14-16-1-6-22-23(11-16)32-15-31-22/h1-6,11,19-20H,7-10,12,14-15H2. The molecule has 33 heavy (non-hydrogen) atoms. The van der Waals surface area contributed by atoms with Gasteiger partial charge in [-0.2, -0.15) is 5.26 Å². The summed E-state index contributed by atoms with van der Waals surface area (Å²) in [6.45, 7) is 4.36. The number of fused-ring (bicyclic) bond motifs is 1. The van der Waals surface area contributed by atoms with Crippen molar-refractivity contribution in [2.24, 2.45) is 0 Å². The van der Waals surface area contributed by atoms with Gasteiger partial charge in [0.15, 0.2) is 11.5 Å². The number of benzene rings is 2. The minimum atomic E-state index is -0.237. The van der Waals surface area contributed by atoms with E-state index in [2.05, 4.69) is 26.9 Å². The summed E-state index contributed by atoms with van der Waals surface area (Å²) in [4.78, 5) is 8.99. The van der Waals surface area contributed by atoms with Crippen LogP contribution in [-0.2, 0) is 6.54 Å². The third-order valence-corrected chi connectivity index (χ3v) is 6.64. The monoisotopic (exact) mass is 446 g/mol. The molecule has 2 fully saturated rings. The van der Waals surface area contributed by atoms with Crippen LogP contribution in [0.1, 0.15) is 41.0 Å². The molecule has 6 rings (SSSR count). The van der Waals surface area contributed by atoms with E-state index in [1.165, 1.54) is 17.7 Å². The van der Waals surface area contributed by atoms with Gasteiger partial charge in [0.25, 0.3) is 0 Å². The molecular weight excluding hydrogens is 423 g/mol. The zero-order valence-corrected chi connectivity index (χ0v) is 18.0. The number of anilines is 1. The lowest BCUT2D eigenvalue weighted by Gasteiger charge is -2.34. The Kier molecular flexibility index (Phi) is 4.92. The van der Waals surface area contributed by atoms with E-state index >= 15 is 0 Å². The van der Waals surface area contributed by atoms with Crippen LogP contribution < -0.4 is 14.4 Å². The second-order valence-corrected chi connectivity index (χ2v) is 8.77. The van der Waals surface area contributed by atoms with Crippen molar-refractivity contribution in [1.82, 2.24) is 9.88 Å². The summed E-state index contributed by atoms with van der Waals surface area (Å²) < 4.78 is 30.2. The molecule has 0 radical (unpaired) electrons. The van der Waals surface area contributed by atoms with Crippen LogP contribution in [0.15, 0.2) is 46.9 Å². The average molecular weight is 446 g/mol. The predicted octanol–water partition coefficient (Wildman–Crippen LogP) is 4.01. The van der Waals surface area contributed by atoms with Crippen LogP contribution in [0.2, 0.25) is 0 Å². The van der Waals surface area contributed by atoms with E-state index in [1.54, 1.807) is 0 Å². The molecule has 7 nitrogen and oxygen atoms in total. The van der Waals surface area contributed by atoms with Crippen molar-refractivity contribution < 1.29 is 18.3 Å². The van der Waals surface area contributed by atoms with E-state index < -0.39 is 0 Å². The molecule has 2 atom stereocenters. The minimum Gasteiger partial charge on any atom is -0.454 e. The molecule has 8 heteroatoms. The van der Waals surface area contributed by atoms with Gasteiger partial charge in [0, 0.05) is 38.6 Å². The summed E-state index contributed by atoms with van der Waals surface area (Å²) in [5, 5.41) is 9.63. The Balaban J connectivity index is 1.10. The molecule has 2 unspecified atom stereocenters. The van der Waals surface area contributed by atoms with Gasteiger partial charge in [0.2, 0.25) is 24.3 Å². The maximum atomic E-state index is 13.2. The molecule has 1 aliphatic carbocycles. The number of nitriles is 1. The van der Waals surface area contributed by atoms with Gasteiger partial charge >= 0.3 is 0 Å². The maximum absolute atomic E-state index is 13.2. The van der Waals surface area contributed by atoms with Crippen molar-refractivity contribution in [2.45, 2.75) is 24.8 Å². The highest BCUT2D eigenvalue weighted by molar-refractivity contribution is 5.49. The van der Waals surface area contributed by atoms with Crippen molar-refractivity contribution in [3.63, 3.8) is 0 Å². The van der Waals surface area contributed by atoms with Gasteiger partial charge in [0.05, 0.1) is 0 Å². The van der Waals surface area contributed by atoms with Gasteiger partial charge in [-0.3, -0.25) is 4.90 Å². The fourth-order valence-corrected chi connectivity index (χ4v) is 4.73. The summed E-state index contributed by atoms with van der Waals surface area (Å²) in [5.74, 6) is 2.95. The molecule has 0 N–H and O–H groups in total. The number of halogens is 1. The Hall–Kier alpha value is -3.57. The zero-order chi connectivity index (χ0) is 22.4. The Bertz CT molecular complexity index is 1210. The first kappa shape index (κ1) is 20.1. The molecule has 1 saturated heterocycles. The number of aromatic nitrogens is 1. The van der Waals surface area contributed by atoms with Gasteiger partial charge < -0.3 is 18.8 Å². The molecular formula is C25H23FN4O3. The van der Waals surface area contributed by atoms with Crippen LogP contribution in [0, 0.1) is 17.1 Å². The second-order valence-electron chi connectivity index (χ2n) is 8.77. The smallest absolute Gasteiger partial charge is 0.234 e. The lowest BCUT2D eigenvalue weighted by molar-refractivity contribution is 0.174. The first-order chi connectivity index (χ1) is 16.2. The summed E-state index contributed by atoms with van der Waals surface area (Å²) >= 11 is 0. The molecule has 3 aliphatic rings. The average Bonchev–Trinajstić information content (AvgIpc) is 3.29. The van der Waals surface area contributed by atoms with Gasteiger partial charge in [-0.05, 0) is 47.7 Å². The Morgan fingerprint density at radius 2 is 1.79 bits per heavy atom. The number of hydrogen-bond donors (Lipinski definition) is 0. The van der Waals surface area contributed by atoms with Crippen molar-refractivity contribution >= 4 is 5.88 Å². The lowest BCUT2D eigenvalue weighted by Crippen LogP contribution is -2.46. The van der Waals surface area contributed by atoms with Crippen molar-refractivity contribution in [3.8, 4) is 17.6 Å². The Morgan fingerprint density at radius 3 is 2.58 bits per heavy atom. The predicted molar refractivity (Wildman–Crippen MR) is 118 cm³/mol. The van der Waals surface area contributed by atoms with E-state index in [0.717, 1.165) is 56.2 Å². The van der Waals surface area contributed by atoms with Crippen LogP contribution in [0.5, 0.6) is 11.5 Å². The van der Waals surface area contributed by atoms with E-state index in [4.69, 9.17) is 13.9 Å². The minimum absolute atomic E-state index is 0.142. The van der Waals surface area contributed by atoms with Crippen molar-refractivity contribution in [2.75, 3.05) is 37.9 Å². The van der Waals surface area contributed by atoms with Crippen LogP contribution in [0.3, 0.4) is 0 Å².